The number of hydrogen-bond donors (Lipinski definition) is 2. The number of aromatic nitrogens is 7. The van der Waals surface area contributed by atoms with Gasteiger partial charge in [0.25, 0.3) is 0 Å². The van der Waals surface area contributed by atoms with Gasteiger partial charge in [0.2, 0.25) is 0 Å². The van der Waals surface area contributed by atoms with Gasteiger partial charge in [-0.05, 0) is 97.4 Å². The Balaban J connectivity index is 1.32. The number of nitrogens with zero attached hydrogens (tertiary/aromatic N) is 9. The summed E-state index contributed by atoms with van der Waals surface area (Å²) in [6, 6.07) is 4.62. The Morgan fingerprint density at radius 1 is 1.22 bits per heavy atom. The SMILES string of the molecule is CC(C1CCCN1C)n1ncc2c(-n3ccc(C(C)(C)O)n3)nc(-c3noc4c3CCCC43CCCc4sc(N)c(C#N)c43)nc21. The largest absolute Gasteiger partial charge is 0.389 e. The summed E-state index contributed by atoms with van der Waals surface area (Å²) >= 11 is 1.54. The van der Waals surface area contributed by atoms with Crippen molar-refractivity contribution in [2.75, 3.05) is 19.3 Å². The monoisotopic (exact) mass is 638 g/mol. The molecule has 0 amide bonds. The molecular formula is C33H38N10O2S. The Morgan fingerprint density at radius 3 is 2.74 bits per heavy atom. The molecule has 13 heteroatoms. The van der Waals surface area contributed by atoms with E-state index in [1.165, 1.54) is 16.2 Å². The van der Waals surface area contributed by atoms with Crippen LogP contribution in [0.25, 0.3) is 28.4 Å². The number of likely N-dealkylation sites (N-methyl/N-ethyl adjacent to an activating group) is 1. The highest BCUT2D eigenvalue weighted by Crippen LogP contribution is 2.55. The van der Waals surface area contributed by atoms with E-state index in [2.05, 4.69) is 30.1 Å². The lowest BCUT2D eigenvalue weighted by Gasteiger charge is -2.39. The lowest BCUT2D eigenvalue weighted by Crippen LogP contribution is -2.35. The van der Waals surface area contributed by atoms with Gasteiger partial charge in [-0.15, -0.1) is 11.3 Å². The molecule has 8 rings (SSSR count). The van der Waals surface area contributed by atoms with E-state index < -0.39 is 11.0 Å². The van der Waals surface area contributed by atoms with Crippen LogP contribution in [0.3, 0.4) is 0 Å². The highest BCUT2D eigenvalue weighted by Gasteiger charge is 2.49. The average Bonchev–Trinajstić information content (AvgIpc) is 3.85. The Kier molecular flexibility index (Phi) is 6.65. The van der Waals surface area contributed by atoms with Crippen LogP contribution in [0.2, 0.25) is 0 Å². The molecule has 1 saturated heterocycles. The third-order valence-corrected chi connectivity index (χ3v) is 11.5. The van der Waals surface area contributed by atoms with E-state index in [9.17, 15) is 10.4 Å². The zero-order valence-electron chi connectivity index (χ0n) is 26.6. The second-order valence-electron chi connectivity index (χ2n) is 13.7. The van der Waals surface area contributed by atoms with Gasteiger partial charge in [0.05, 0.1) is 34.3 Å². The highest BCUT2D eigenvalue weighted by atomic mass is 32.1. The van der Waals surface area contributed by atoms with E-state index in [1.54, 1.807) is 24.6 Å². The third-order valence-electron chi connectivity index (χ3n) is 10.5. The Hall–Kier alpha value is -4.12. The van der Waals surface area contributed by atoms with Gasteiger partial charge in [-0.25, -0.2) is 19.3 Å². The predicted molar refractivity (Wildman–Crippen MR) is 174 cm³/mol. The van der Waals surface area contributed by atoms with Crippen LogP contribution in [-0.4, -0.2) is 64.3 Å². The number of fused-ring (bicyclic) bond motifs is 5. The number of nitriles is 1. The van der Waals surface area contributed by atoms with Crippen molar-refractivity contribution in [1.82, 2.24) is 39.6 Å². The minimum absolute atomic E-state index is 0.0776. The van der Waals surface area contributed by atoms with Crippen LogP contribution in [0.5, 0.6) is 0 Å². The van der Waals surface area contributed by atoms with Gasteiger partial charge < -0.3 is 20.3 Å². The fraction of sp³-hybridized carbons (Fsp3) is 0.515. The molecule has 0 saturated carbocycles. The summed E-state index contributed by atoms with van der Waals surface area (Å²) in [4.78, 5) is 13.8. The first-order valence-electron chi connectivity index (χ1n) is 16.2. The fourth-order valence-electron chi connectivity index (χ4n) is 8.18. The molecule has 1 aliphatic heterocycles. The van der Waals surface area contributed by atoms with Crippen molar-refractivity contribution in [2.24, 2.45) is 0 Å². The normalized spacial score (nSPS) is 22.3. The van der Waals surface area contributed by atoms with Gasteiger partial charge in [-0.3, -0.25) is 0 Å². The van der Waals surface area contributed by atoms with E-state index in [-0.39, 0.29) is 6.04 Å². The average molecular weight is 639 g/mol. The maximum Gasteiger partial charge on any atom is 0.186 e. The number of nitrogen functional groups attached to an aromatic ring is 1. The van der Waals surface area contributed by atoms with Crippen LogP contribution in [-0.2, 0) is 23.9 Å². The first-order chi connectivity index (χ1) is 22.1. The smallest absolute Gasteiger partial charge is 0.186 e. The van der Waals surface area contributed by atoms with Crippen LogP contribution in [0, 0.1) is 11.3 Å². The van der Waals surface area contributed by atoms with Crippen LogP contribution in [0.4, 0.5) is 5.00 Å². The molecule has 0 aromatic carbocycles. The number of hydrogen-bond acceptors (Lipinski definition) is 11. The van der Waals surface area contributed by atoms with Crippen LogP contribution in [0.1, 0.15) is 98.4 Å². The lowest BCUT2D eigenvalue weighted by atomic mass is 9.63. The van der Waals surface area contributed by atoms with E-state index in [4.69, 9.17) is 30.4 Å². The van der Waals surface area contributed by atoms with E-state index >= 15 is 0 Å². The van der Waals surface area contributed by atoms with Crippen molar-refractivity contribution in [3.63, 3.8) is 0 Å². The first-order valence-corrected chi connectivity index (χ1v) is 17.0. The maximum atomic E-state index is 10.7. The number of aryl methyl sites for hydroxylation is 1. The minimum atomic E-state index is -1.11. The van der Waals surface area contributed by atoms with Crippen LogP contribution in [0.15, 0.2) is 23.0 Å². The molecular weight excluding hydrogens is 600 g/mol. The van der Waals surface area contributed by atoms with Gasteiger partial charge in [0, 0.05) is 22.7 Å². The van der Waals surface area contributed by atoms with Crippen molar-refractivity contribution in [1.29, 1.82) is 5.26 Å². The third kappa shape index (κ3) is 4.27. The van der Waals surface area contributed by atoms with Crippen molar-refractivity contribution in [2.45, 2.75) is 95.2 Å². The number of nitrogens with two attached hydrogens (primary N) is 1. The van der Waals surface area contributed by atoms with E-state index in [1.807, 2.05) is 17.1 Å². The predicted octanol–water partition coefficient (Wildman–Crippen LogP) is 5.02. The zero-order chi connectivity index (χ0) is 32.0. The molecule has 238 valence electrons. The Bertz CT molecular complexity index is 2020. The second-order valence-corrected chi connectivity index (χ2v) is 14.8. The topological polar surface area (TPSA) is 161 Å². The van der Waals surface area contributed by atoms with Crippen molar-refractivity contribution in [3.8, 4) is 23.4 Å². The summed E-state index contributed by atoms with van der Waals surface area (Å²) in [7, 11) is 2.17. The summed E-state index contributed by atoms with van der Waals surface area (Å²) in [5.74, 6) is 1.82. The molecule has 0 radical (unpaired) electrons. The first kappa shape index (κ1) is 29.3. The molecule has 5 aromatic heterocycles. The Labute approximate surface area is 270 Å². The summed E-state index contributed by atoms with van der Waals surface area (Å²) in [5.41, 5.74) is 9.27. The molecule has 12 nitrogen and oxygen atoms in total. The standard InChI is InChI=1S/C33H38N10O2S/c1-18(22-9-7-14-41(22)4)43-31-21(17-36-43)30(42-15-11-24(39-42)32(2,3)44)37-29(38-31)26-19-8-5-12-33(27(19)45-40-26)13-6-10-23-25(33)20(16-34)28(35)46-23/h11,15,17-18,22,44H,5-10,12-14,35H2,1-4H3. The molecule has 46 heavy (non-hydrogen) atoms. The number of rotatable bonds is 5. The van der Waals surface area contributed by atoms with Gasteiger partial charge in [-0.2, -0.15) is 15.5 Å². The Morgan fingerprint density at radius 2 is 2.02 bits per heavy atom. The molecule has 6 heterocycles. The number of thiophene rings is 1. The van der Waals surface area contributed by atoms with E-state index in [0.29, 0.717) is 45.3 Å². The molecule has 2 aliphatic carbocycles. The number of likely N-dealkylation sites (tertiary alicyclic amines) is 1. The van der Waals surface area contributed by atoms with E-state index in [0.717, 1.165) is 80.2 Å². The zero-order valence-corrected chi connectivity index (χ0v) is 27.4. The van der Waals surface area contributed by atoms with Crippen molar-refractivity contribution >= 4 is 27.4 Å². The van der Waals surface area contributed by atoms with Gasteiger partial charge in [0.15, 0.2) is 28.7 Å². The molecule has 1 spiro atoms. The summed E-state index contributed by atoms with van der Waals surface area (Å²) in [6.45, 7) is 6.68. The molecule has 3 aliphatic rings. The van der Waals surface area contributed by atoms with Gasteiger partial charge >= 0.3 is 0 Å². The summed E-state index contributed by atoms with van der Waals surface area (Å²) in [6.07, 6.45) is 11.2. The molecule has 0 bridgehead atoms. The number of aliphatic hydroxyl groups is 1. The summed E-state index contributed by atoms with van der Waals surface area (Å²) in [5, 5.41) is 36.4. The van der Waals surface area contributed by atoms with Crippen LogP contribution >= 0.6 is 11.3 Å². The van der Waals surface area contributed by atoms with Gasteiger partial charge in [0.1, 0.15) is 16.7 Å². The maximum absolute atomic E-state index is 10.7. The molecule has 5 aromatic rings. The lowest BCUT2D eigenvalue weighted by molar-refractivity contribution is 0.0734. The highest BCUT2D eigenvalue weighted by molar-refractivity contribution is 7.16. The molecule has 1 fully saturated rings. The minimum Gasteiger partial charge on any atom is -0.389 e. The van der Waals surface area contributed by atoms with Crippen molar-refractivity contribution < 1.29 is 9.63 Å². The quantitative estimate of drug-likeness (QED) is 0.267. The van der Waals surface area contributed by atoms with Crippen molar-refractivity contribution in [3.05, 3.63) is 51.5 Å². The molecule has 3 N–H and O–H groups in total. The number of anilines is 1. The second kappa shape index (κ2) is 10.4. The summed E-state index contributed by atoms with van der Waals surface area (Å²) < 4.78 is 10.00. The van der Waals surface area contributed by atoms with Gasteiger partial charge in [-0.1, -0.05) is 5.16 Å². The van der Waals surface area contributed by atoms with Crippen LogP contribution < -0.4 is 5.73 Å². The molecule has 3 unspecified atom stereocenters. The fourth-order valence-corrected chi connectivity index (χ4v) is 9.34. The molecule has 3 atom stereocenters.